The highest BCUT2D eigenvalue weighted by Gasteiger charge is 2.18. The topological polar surface area (TPSA) is 38.0 Å². The van der Waals surface area contributed by atoms with Gasteiger partial charge in [-0.2, -0.15) is 0 Å². The molecule has 4 heteroatoms. The number of fused-ring (bicyclic) bond motifs is 1. The highest BCUT2D eigenvalue weighted by molar-refractivity contribution is 6.31. The molecule has 0 aromatic heterocycles. The zero-order valence-corrected chi connectivity index (χ0v) is 11.9. The quantitative estimate of drug-likeness (QED) is 0.562. The minimum absolute atomic E-state index is 0.302. The van der Waals surface area contributed by atoms with E-state index in [1.807, 2.05) is 42.5 Å². The van der Waals surface area contributed by atoms with Gasteiger partial charge in [0.05, 0.1) is 6.04 Å². The zero-order chi connectivity index (χ0) is 14.8. The van der Waals surface area contributed by atoms with Gasteiger partial charge in [0.15, 0.2) is 0 Å². The van der Waals surface area contributed by atoms with Gasteiger partial charge in [0.25, 0.3) is 0 Å². The second-order valence-electron chi connectivity index (χ2n) is 4.83. The first-order valence-corrected chi connectivity index (χ1v) is 6.97. The van der Waals surface area contributed by atoms with Crippen molar-refractivity contribution >= 4 is 22.4 Å². The molecule has 1 unspecified atom stereocenters. The first kappa shape index (κ1) is 14.0. The Balaban J connectivity index is 2.18. The van der Waals surface area contributed by atoms with E-state index in [0.717, 1.165) is 21.9 Å². The second-order valence-corrected chi connectivity index (χ2v) is 5.24. The molecule has 3 aromatic rings. The predicted octanol–water partition coefficient (Wildman–Crippen LogP) is 4.19. The van der Waals surface area contributed by atoms with Crippen molar-refractivity contribution in [2.24, 2.45) is 5.84 Å². The number of hydrazine groups is 1. The summed E-state index contributed by atoms with van der Waals surface area (Å²) >= 11 is 6.17. The third-order valence-corrected chi connectivity index (χ3v) is 3.90. The molecule has 0 saturated heterocycles. The van der Waals surface area contributed by atoms with Crippen LogP contribution in [0.5, 0.6) is 0 Å². The van der Waals surface area contributed by atoms with Crippen LogP contribution in [0.15, 0.2) is 60.7 Å². The Bertz CT molecular complexity index is 783. The first-order chi connectivity index (χ1) is 10.2. The average Bonchev–Trinajstić information content (AvgIpc) is 2.50. The van der Waals surface area contributed by atoms with Crippen molar-refractivity contribution in [3.8, 4) is 0 Å². The third kappa shape index (κ3) is 2.63. The molecule has 0 aliphatic carbocycles. The maximum atomic E-state index is 13.2. The summed E-state index contributed by atoms with van der Waals surface area (Å²) in [7, 11) is 0. The summed E-state index contributed by atoms with van der Waals surface area (Å²) in [4.78, 5) is 0. The molecule has 0 saturated carbocycles. The van der Waals surface area contributed by atoms with Crippen LogP contribution in [0.25, 0.3) is 10.8 Å². The first-order valence-electron chi connectivity index (χ1n) is 6.59. The predicted molar refractivity (Wildman–Crippen MR) is 84.5 cm³/mol. The van der Waals surface area contributed by atoms with Crippen LogP contribution in [0.4, 0.5) is 4.39 Å². The molecule has 1 atom stereocenters. The molecule has 0 heterocycles. The fraction of sp³-hybridized carbons (Fsp3) is 0.0588. The lowest BCUT2D eigenvalue weighted by Gasteiger charge is -2.20. The molecule has 3 rings (SSSR count). The summed E-state index contributed by atoms with van der Waals surface area (Å²) in [6.45, 7) is 0. The van der Waals surface area contributed by atoms with Crippen LogP contribution in [0.1, 0.15) is 17.2 Å². The van der Waals surface area contributed by atoms with Gasteiger partial charge in [-0.25, -0.2) is 9.82 Å². The van der Waals surface area contributed by atoms with Gasteiger partial charge in [-0.05, 0) is 34.0 Å². The van der Waals surface area contributed by atoms with E-state index in [-0.39, 0.29) is 11.9 Å². The van der Waals surface area contributed by atoms with Gasteiger partial charge in [-0.15, -0.1) is 0 Å². The van der Waals surface area contributed by atoms with E-state index in [9.17, 15) is 4.39 Å². The average molecular weight is 301 g/mol. The van der Waals surface area contributed by atoms with Crippen LogP contribution in [-0.4, -0.2) is 0 Å². The van der Waals surface area contributed by atoms with Crippen molar-refractivity contribution in [2.75, 3.05) is 0 Å². The molecule has 0 fully saturated rings. The third-order valence-electron chi connectivity index (χ3n) is 3.57. The molecule has 0 bridgehead atoms. The zero-order valence-electron chi connectivity index (χ0n) is 11.2. The van der Waals surface area contributed by atoms with Gasteiger partial charge in [-0.3, -0.25) is 5.84 Å². The lowest BCUT2D eigenvalue weighted by Crippen LogP contribution is -2.29. The van der Waals surface area contributed by atoms with E-state index in [0.29, 0.717) is 5.02 Å². The molecule has 0 radical (unpaired) electrons. The molecule has 2 nitrogen and oxygen atoms in total. The summed E-state index contributed by atoms with van der Waals surface area (Å²) in [5.74, 6) is 5.37. The van der Waals surface area contributed by atoms with Crippen molar-refractivity contribution in [3.05, 3.63) is 82.6 Å². The maximum absolute atomic E-state index is 13.2. The molecule has 0 aliphatic heterocycles. The van der Waals surface area contributed by atoms with Gasteiger partial charge in [0, 0.05) is 5.02 Å². The van der Waals surface area contributed by atoms with E-state index in [1.165, 1.54) is 12.1 Å². The van der Waals surface area contributed by atoms with Crippen molar-refractivity contribution in [3.63, 3.8) is 0 Å². The number of benzene rings is 3. The number of hydrogen-bond acceptors (Lipinski definition) is 2. The van der Waals surface area contributed by atoms with Crippen LogP contribution in [-0.2, 0) is 0 Å². The molecule has 106 valence electrons. The summed E-state index contributed by atoms with van der Waals surface area (Å²) in [6.07, 6.45) is 0. The number of halogens is 2. The molecule has 3 aromatic carbocycles. The van der Waals surface area contributed by atoms with Gasteiger partial charge < -0.3 is 0 Å². The lowest BCUT2D eigenvalue weighted by atomic mass is 9.94. The smallest absolute Gasteiger partial charge is 0.124 e. The molecule has 0 amide bonds. The molecular weight excluding hydrogens is 287 g/mol. The maximum Gasteiger partial charge on any atom is 0.124 e. The normalized spacial score (nSPS) is 12.5. The minimum atomic E-state index is -0.363. The highest BCUT2D eigenvalue weighted by Crippen LogP contribution is 2.32. The van der Waals surface area contributed by atoms with Crippen LogP contribution in [0.2, 0.25) is 5.02 Å². The standard InChI is InChI=1S/C17H14ClFN2/c18-16-10-12(19)8-9-15(16)17(21-20)14-7-3-5-11-4-1-2-6-13(11)14/h1-10,17,21H,20H2. The monoisotopic (exact) mass is 300 g/mol. The van der Waals surface area contributed by atoms with Crippen LogP contribution in [0, 0.1) is 5.82 Å². The fourth-order valence-corrected chi connectivity index (χ4v) is 2.86. The van der Waals surface area contributed by atoms with Crippen LogP contribution >= 0.6 is 11.6 Å². The molecule has 0 aliphatic rings. The van der Waals surface area contributed by atoms with Crippen LogP contribution < -0.4 is 11.3 Å². The summed E-state index contributed by atoms with van der Waals surface area (Å²) in [5, 5.41) is 2.56. The Morgan fingerprint density at radius 1 is 0.952 bits per heavy atom. The lowest BCUT2D eigenvalue weighted by molar-refractivity contribution is 0.617. The number of nitrogens with two attached hydrogens (primary N) is 1. The second kappa shape index (κ2) is 5.82. The molecule has 3 N–H and O–H groups in total. The summed E-state index contributed by atoms with van der Waals surface area (Å²) in [6, 6.07) is 18.1. The van der Waals surface area contributed by atoms with Gasteiger partial charge in [-0.1, -0.05) is 60.1 Å². The Morgan fingerprint density at radius 2 is 1.71 bits per heavy atom. The Hall–Kier alpha value is -1.94. The van der Waals surface area contributed by atoms with Crippen LogP contribution in [0.3, 0.4) is 0 Å². The van der Waals surface area contributed by atoms with Crippen molar-refractivity contribution in [2.45, 2.75) is 6.04 Å². The van der Waals surface area contributed by atoms with Gasteiger partial charge >= 0.3 is 0 Å². The highest BCUT2D eigenvalue weighted by atomic mass is 35.5. The fourth-order valence-electron chi connectivity index (χ4n) is 2.58. The Morgan fingerprint density at radius 3 is 2.48 bits per heavy atom. The van der Waals surface area contributed by atoms with E-state index in [2.05, 4.69) is 5.43 Å². The molecule has 21 heavy (non-hydrogen) atoms. The number of rotatable bonds is 3. The summed E-state index contributed by atoms with van der Waals surface area (Å²) in [5.41, 5.74) is 4.53. The minimum Gasteiger partial charge on any atom is -0.271 e. The van der Waals surface area contributed by atoms with E-state index in [1.54, 1.807) is 6.07 Å². The van der Waals surface area contributed by atoms with E-state index >= 15 is 0 Å². The molecular formula is C17H14ClFN2. The largest absolute Gasteiger partial charge is 0.271 e. The van der Waals surface area contributed by atoms with Crippen molar-refractivity contribution in [1.82, 2.24) is 5.43 Å². The Kier molecular flexibility index (Phi) is 3.88. The van der Waals surface area contributed by atoms with Gasteiger partial charge in [0.2, 0.25) is 0 Å². The van der Waals surface area contributed by atoms with E-state index in [4.69, 9.17) is 17.4 Å². The SMILES string of the molecule is NNC(c1ccc(F)cc1Cl)c1cccc2ccccc12. The van der Waals surface area contributed by atoms with Gasteiger partial charge in [0.1, 0.15) is 5.82 Å². The van der Waals surface area contributed by atoms with Crippen molar-refractivity contribution < 1.29 is 4.39 Å². The number of hydrogen-bond donors (Lipinski definition) is 2. The van der Waals surface area contributed by atoms with Crippen molar-refractivity contribution in [1.29, 1.82) is 0 Å². The number of nitrogens with one attached hydrogen (secondary N) is 1. The summed E-state index contributed by atoms with van der Waals surface area (Å²) < 4.78 is 13.2. The molecule has 0 spiro atoms. The van der Waals surface area contributed by atoms with E-state index < -0.39 is 0 Å². The Labute approximate surface area is 127 Å².